The third kappa shape index (κ3) is 3.96. The highest BCUT2D eigenvalue weighted by molar-refractivity contribution is 5.06. The molecule has 0 radical (unpaired) electrons. The molecule has 1 saturated carbocycles. The molecule has 0 bridgehead atoms. The molecule has 0 aromatic carbocycles. The van der Waals surface area contributed by atoms with Crippen LogP contribution in [0.15, 0.2) is 12.2 Å². The molecule has 1 unspecified atom stereocenters. The molecular formula is C16H30. The Morgan fingerprint density at radius 3 is 2.12 bits per heavy atom. The number of hydrogen-bond acceptors (Lipinski definition) is 0. The lowest BCUT2D eigenvalue weighted by Gasteiger charge is -2.36. The fourth-order valence-electron chi connectivity index (χ4n) is 2.74. The van der Waals surface area contributed by atoms with Crippen LogP contribution < -0.4 is 0 Å². The number of allylic oxidation sites excluding steroid dienone is 1. The molecule has 0 nitrogen and oxygen atoms in total. The Morgan fingerprint density at radius 2 is 1.75 bits per heavy atom. The van der Waals surface area contributed by atoms with Gasteiger partial charge >= 0.3 is 0 Å². The van der Waals surface area contributed by atoms with E-state index in [0.717, 1.165) is 17.8 Å². The van der Waals surface area contributed by atoms with Gasteiger partial charge in [-0.1, -0.05) is 59.1 Å². The lowest BCUT2D eigenvalue weighted by molar-refractivity contribution is 0.209. The minimum Gasteiger partial charge on any atom is -0.0993 e. The van der Waals surface area contributed by atoms with Crippen molar-refractivity contribution in [1.82, 2.24) is 0 Å². The van der Waals surface area contributed by atoms with Crippen molar-refractivity contribution in [3.05, 3.63) is 12.2 Å². The average molecular weight is 222 g/mol. The maximum absolute atomic E-state index is 4.36. The van der Waals surface area contributed by atoms with E-state index in [-0.39, 0.29) is 0 Å². The van der Waals surface area contributed by atoms with E-state index < -0.39 is 0 Å². The van der Waals surface area contributed by atoms with Crippen molar-refractivity contribution >= 4 is 0 Å². The van der Waals surface area contributed by atoms with Gasteiger partial charge in [0.1, 0.15) is 0 Å². The van der Waals surface area contributed by atoms with Gasteiger partial charge in [0.15, 0.2) is 0 Å². The second-order valence-electron chi connectivity index (χ2n) is 6.35. The third-order valence-electron chi connectivity index (χ3n) is 4.23. The summed E-state index contributed by atoms with van der Waals surface area (Å²) in [5.74, 6) is 3.33. The lowest BCUT2D eigenvalue weighted by Crippen LogP contribution is -2.25. The molecule has 16 heavy (non-hydrogen) atoms. The molecule has 1 aliphatic rings. The SMILES string of the molecule is C=C(C(C)C)C(CCCC(C)C)C1CCC1. The summed E-state index contributed by atoms with van der Waals surface area (Å²) < 4.78 is 0. The predicted octanol–water partition coefficient (Wildman–Crippen LogP) is 5.44. The molecule has 0 aromatic heterocycles. The van der Waals surface area contributed by atoms with Crippen molar-refractivity contribution in [2.45, 2.75) is 66.2 Å². The Labute approximate surface area is 103 Å². The van der Waals surface area contributed by atoms with Gasteiger partial charge in [0.2, 0.25) is 0 Å². The minimum absolute atomic E-state index is 0.671. The Balaban J connectivity index is 2.41. The summed E-state index contributed by atoms with van der Waals surface area (Å²) in [5.41, 5.74) is 1.52. The average Bonchev–Trinajstić information content (AvgIpc) is 2.11. The first kappa shape index (κ1) is 13.8. The zero-order chi connectivity index (χ0) is 12.1. The zero-order valence-electron chi connectivity index (χ0n) is 11.8. The van der Waals surface area contributed by atoms with Crippen molar-refractivity contribution in [3.63, 3.8) is 0 Å². The quantitative estimate of drug-likeness (QED) is 0.503. The van der Waals surface area contributed by atoms with Gasteiger partial charge in [-0.3, -0.25) is 0 Å². The normalized spacial score (nSPS) is 18.9. The standard InChI is InChI=1S/C16H30/c1-12(2)8-6-11-16(14(5)13(3)4)15-9-7-10-15/h12-13,15-16H,5-11H2,1-4H3. The van der Waals surface area contributed by atoms with E-state index in [1.807, 2.05) is 0 Å². The smallest absolute Gasteiger partial charge is 0.0175 e. The summed E-state index contributed by atoms with van der Waals surface area (Å²) in [6.07, 6.45) is 8.53. The first-order valence-electron chi connectivity index (χ1n) is 7.21. The molecule has 0 amide bonds. The fourth-order valence-corrected chi connectivity index (χ4v) is 2.74. The molecule has 0 N–H and O–H groups in total. The Kier molecular flexibility index (Phi) is 5.58. The fraction of sp³-hybridized carbons (Fsp3) is 0.875. The Morgan fingerprint density at radius 1 is 1.12 bits per heavy atom. The van der Waals surface area contributed by atoms with Crippen LogP contribution in [0.3, 0.4) is 0 Å². The van der Waals surface area contributed by atoms with E-state index in [4.69, 9.17) is 0 Å². The van der Waals surface area contributed by atoms with Gasteiger partial charge in [0, 0.05) is 0 Å². The predicted molar refractivity (Wildman–Crippen MR) is 73.5 cm³/mol. The van der Waals surface area contributed by atoms with Crippen LogP contribution in [0.25, 0.3) is 0 Å². The monoisotopic (exact) mass is 222 g/mol. The summed E-state index contributed by atoms with van der Waals surface area (Å²) >= 11 is 0. The second kappa shape index (κ2) is 6.47. The van der Waals surface area contributed by atoms with Crippen LogP contribution in [0.1, 0.15) is 66.2 Å². The van der Waals surface area contributed by atoms with Crippen molar-refractivity contribution in [3.8, 4) is 0 Å². The van der Waals surface area contributed by atoms with Crippen LogP contribution >= 0.6 is 0 Å². The third-order valence-corrected chi connectivity index (χ3v) is 4.23. The van der Waals surface area contributed by atoms with Crippen LogP contribution in [-0.4, -0.2) is 0 Å². The molecule has 0 heteroatoms. The minimum atomic E-state index is 0.671. The van der Waals surface area contributed by atoms with E-state index in [0.29, 0.717) is 5.92 Å². The Bertz CT molecular complexity index is 208. The van der Waals surface area contributed by atoms with E-state index in [9.17, 15) is 0 Å². The molecule has 0 aromatic rings. The van der Waals surface area contributed by atoms with Gasteiger partial charge in [0.05, 0.1) is 0 Å². The largest absolute Gasteiger partial charge is 0.0993 e. The van der Waals surface area contributed by atoms with Crippen LogP contribution in [0.2, 0.25) is 0 Å². The molecule has 0 spiro atoms. The zero-order valence-corrected chi connectivity index (χ0v) is 11.8. The van der Waals surface area contributed by atoms with E-state index in [1.54, 1.807) is 0 Å². The summed E-state index contributed by atoms with van der Waals surface area (Å²) in [6, 6.07) is 0. The van der Waals surface area contributed by atoms with E-state index in [1.165, 1.54) is 44.1 Å². The van der Waals surface area contributed by atoms with Gasteiger partial charge in [-0.15, -0.1) is 0 Å². The number of rotatable bonds is 7. The van der Waals surface area contributed by atoms with E-state index in [2.05, 4.69) is 34.3 Å². The van der Waals surface area contributed by atoms with Gasteiger partial charge in [0.25, 0.3) is 0 Å². The van der Waals surface area contributed by atoms with Crippen LogP contribution in [-0.2, 0) is 0 Å². The van der Waals surface area contributed by atoms with E-state index >= 15 is 0 Å². The molecule has 0 aliphatic heterocycles. The number of hydrogen-bond donors (Lipinski definition) is 0. The molecule has 1 aliphatic carbocycles. The maximum atomic E-state index is 4.36. The highest BCUT2D eigenvalue weighted by Crippen LogP contribution is 2.41. The molecule has 0 heterocycles. The van der Waals surface area contributed by atoms with Crippen molar-refractivity contribution in [2.24, 2.45) is 23.7 Å². The van der Waals surface area contributed by atoms with Crippen LogP contribution in [0.4, 0.5) is 0 Å². The highest BCUT2D eigenvalue weighted by Gasteiger charge is 2.29. The molecule has 1 atom stereocenters. The maximum Gasteiger partial charge on any atom is -0.0175 e. The molecule has 0 saturated heterocycles. The van der Waals surface area contributed by atoms with Crippen molar-refractivity contribution in [2.75, 3.05) is 0 Å². The first-order valence-corrected chi connectivity index (χ1v) is 7.21. The van der Waals surface area contributed by atoms with Gasteiger partial charge in [-0.2, -0.15) is 0 Å². The van der Waals surface area contributed by atoms with Crippen molar-refractivity contribution in [1.29, 1.82) is 0 Å². The summed E-state index contributed by atoms with van der Waals surface area (Å²) in [4.78, 5) is 0. The van der Waals surface area contributed by atoms with Gasteiger partial charge < -0.3 is 0 Å². The van der Waals surface area contributed by atoms with Crippen LogP contribution in [0, 0.1) is 23.7 Å². The molecular weight excluding hydrogens is 192 g/mol. The van der Waals surface area contributed by atoms with Crippen molar-refractivity contribution < 1.29 is 0 Å². The van der Waals surface area contributed by atoms with Gasteiger partial charge in [-0.05, 0) is 42.9 Å². The summed E-state index contributed by atoms with van der Waals surface area (Å²) in [6.45, 7) is 13.6. The van der Waals surface area contributed by atoms with Gasteiger partial charge in [-0.25, -0.2) is 0 Å². The molecule has 94 valence electrons. The summed E-state index contributed by atoms with van der Waals surface area (Å²) in [5, 5.41) is 0. The second-order valence-corrected chi connectivity index (χ2v) is 6.35. The molecule has 1 fully saturated rings. The first-order chi connectivity index (χ1) is 7.52. The molecule has 1 rings (SSSR count). The Hall–Kier alpha value is -0.260. The topological polar surface area (TPSA) is 0 Å². The van der Waals surface area contributed by atoms with Crippen LogP contribution in [0.5, 0.6) is 0 Å². The lowest BCUT2D eigenvalue weighted by atomic mass is 9.69. The highest BCUT2D eigenvalue weighted by atomic mass is 14.3. The summed E-state index contributed by atoms with van der Waals surface area (Å²) in [7, 11) is 0.